The Bertz CT molecular complexity index is 1390. The second kappa shape index (κ2) is 12.2. The molecule has 38 heavy (non-hydrogen) atoms. The molecule has 2 aromatic carbocycles. The van der Waals surface area contributed by atoms with Crippen molar-refractivity contribution in [3.63, 3.8) is 0 Å². The van der Waals surface area contributed by atoms with E-state index in [1.165, 1.54) is 12.1 Å². The Morgan fingerprint density at radius 2 is 1.79 bits per heavy atom. The molecular formula is C29H32FN7O. The van der Waals surface area contributed by atoms with Gasteiger partial charge in [-0.2, -0.15) is 0 Å². The van der Waals surface area contributed by atoms with Gasteiger partial charge in [0.2, 0.25) is 0 Å². The van der Waals surface area contributed by atoms with E-state index in [9.17, 15) is 9.18 Å². The number of aromatic nitrogens is 3. The average molecular weight is 514 g/mol. The molecule has 0 aliphatic carbocycles. The molecule has 0 bridgehead atoms. The van der Waals surface area contributed by atoms with Crippen molar-refractivity contribution < 1.29 is 9.18 Å². The van der Waals surface area contributed by atoms with E-state index in [0.29, 0.717) is 36.7 Å². The number of hydrogen-bond donors (Lipinski definition) is 4. The molecule has 0 spiro atoms. The van der Waals surface area contributed by atoms with Gasteiger partial charge in [-0.1, -0.05) is 36.4 Å². The van der Waals surface area contributed by atoms with Crippen LogP contribution in [0.25, 0.3) is 11.3 Å². The van der Waals surface area contributed by atoms with Gasteiger partial charge in [-0.25, -0.2) is 19.3 Å². The van der Waals surface area contributed by atoms with Crippen molar-refractivity contribution in [3.8, 4) is 11.3 Å². The number of aryl methyl sites for hydroxylation is 2. The minimum atomic E-state index is -0.316. The van der Waals surface area contributed by atoms with E-state index >= 15 is 0 Å². The molecule has 6 N–H and O–H groups in total. The Kier molecular flexibility index (Phi) is 8.60. The molecule has 0 unspecified atom stereocenters. The molecule has 9 heteroatoms. The minimum absolute atomic E-state index is 0.261. The third kappa shape index (κ3) is 6.68. The summed E-state index contributed by atoms with van der Waals surface area (Å²) in [6.07, 6.45) is 4.87. The van der Waals surface area contributed by atoms with Gasteiger partial charge in [-0.05, 0) is 68.1 Å². The van der Waals surface area contributed by atoms with Crippen molar-refractivity contribution >= 4 is 17.5 Å². The van der Waals surface area contributed by atoms with Gasteiger partial charge in [0.05, 0.1) is 29.2 Å². The molecule has 4 aromatic rings. The number of carbonyl (C=O) groups is 1. The summed E-state index contributed by atoms with van der Waals surface area (Å²) < 4.78 is 13.3. The van der Waals surface area contributed by atoms with Crippen molar-refractivity contribution in [3.05, 3.63) is 101 Å². The number of nitrogens with zero attached hydrogens (tertiary/aromatic N) is 3. The van der Waals surface area contributed by atoms with Gasteiger partial charge >= 0.3 is 0 Å². The van der Waals surface area contributed by atoms with Crippen LogP contribution in [0.15, 0.2) is 67.0 Å². The topological polar surface area (TPSA) is 132 Å². The van der Waals surface area contributed by atoms with Gasteiger partial charge in [0.1, 0.15) is 17.5 Å². The van der Waals surface area contributed by atoms with Crippen molar-refractivity contribution in [2.75, 3.05) is 17.6 Å². The van der Waals surface area contributed by atoms with Gasteiger partial charge in [0.15, 0.2) is 0 Å². The number of nitrogens with one attached hydrogen (secondary N) is 2. The molecule has 1 atom stereocenters. The quantitative estimate of drug-likeness (QED) is 0.244. The molecule has 0 aliphatic heterocycles. The summed E-state index contributed by atoms with van der Waals surface area (Å²) in [5.41, 5.74) is 17.1. The van der Waals surface area contributed by atoms with E-state index < -0.39 is 0 Å². The number of halogens is 1. The molecule has 0 fully saturated rings. The summed E-state index contributed by atoms with van der Waals surface area (Å²) in [5.74, 6) is 0.338. The van der Waals surface area contributed by atoms with Crippen LogP contribution >= 0.6 is 0 Å². The SMILES string of the molecule is Cc1cnc(NCc2ccc(-c3cnc(N)c(CCCN)n3)cc2)c(C(=O)N[C@@H](C)c2ccc(F)cc2)c1. The number of pyridine rings is 1. The highest BCUT2D eigenvalue weighted by Gasteiger charge is 2.17. The predicted octanol–water partition coefficient (Wildman–Crippen LogP) is 4.56. The predicted molar refractivity (Wildman–Crippen MR) is 148 cm³/mol. The standard InChI is InChI=1S/C29H32FN7O/c1-18-14-24(29(38)36-19(2)21-9-11-23(30)12-10-21)28(34-15-18)35-16-20-5-7-22(8-6-20)26-17-33-27(32)25(37-26)4-3-13-31/h5-12,14-15,17,19H,3-4,13,16,31H2,1-2H3,(H2,32,33)(H,34,35)(H,36,38)/t19-/m0/s1. The Balaban J connectivity index is 1.44. The van der Waals surface area contributed by atoms with E-state index in [1.807, 2.05) is 38.1 Å². The van der Waals surface area contributed by atoms with Crippen LogP contribution in [0.1, 0.15) is 52.1 Å². The van der Waals surface area contributed by atoms with Crippen LogP contribution in [-0.2, 0) is 13.0 Å². The molecule has 0 aliphatic rings. The molecule has 0 radical (unpaired) electrons. The second-order valence-electron chi connectivity index (χ2n) is 9.19. The van der Waals surface area contributed by atoms with Crippen molar-refractivity contribution in [1.29, 1.82) is 0 Å². The van der Waals surface area contributed by atoms with Crippen LogP contribution in [0.3, 0.4) is 0 Å². The summed E-state index contributed by atoms with van der Waals surface area (Å²) >= 11 is 0. The van der Waals surface area contributed by atoms with E-state index in [0.717, 1.165) is 40.1 Å². The Morgan fingerprint density at radius 1 is 1.05 bits per heavy atom. The monoisotopic (exact) mass is 513 g/mol. The average Bonchev–Trinajstić information content (AvgIpc) is 2.92. The van der Waals surface area contributed by atoms with Crippen LogP contribution in [0.2, 0.25) is 0 Å². The van der Waals surface area contributed by atoms with E-state index in [4.69, 9.17) is 11.5 Å². The number of nitrogens with two attached hydrogens (primary N) is 2. The third-order valence-corrected chi connectivity index (χ3v) is 6.19. The lowest BCUT2D eigenvalue weighted by Crippen LogP contribution is -2.27. The highest BCUT2D eigenvalue weighted by Crippen LogP contribution is 2.22. The number of amides is 1. The minimum Gasteiger partial charge on any atom is -0.382 e. The first kappa shape index (κ1) is 26.7. The number of benzene rings is 2. The summed E-state index contributed by atoms with van der Waals surface area (Å²) in [4.78, 5) is 26.5. The van der Waals surface area contributed by atoms with Crippen LogP contribution < -0.4 is 22.1 Å². The summed E-state index contributed by atoms with van der Waals surface area (Å²) in [7, 11) is 0. The molecule has 8 nitrogen and oxygen atoms in total. The lowest BCUT2D eigenvalue weighted by molar-refractivity contribution is 0.0940. The van der Waals surface area contributed by atoms with E-state index in [-0.39, 0.29) is 17.8 Å². The molecule has 196 valence electrons. The summed E-state index contributed by atoms with van der Waals surface area (Å²) in [5, 5.41) is 6.25. The van der Waals surface area contributed by atoms with Crippen LogP contribution in [0.5, 0.6) is 0 Å². The highest BCUT2D eigenvalue weighted by molar-refractivity contribution is 5.99. The summed E-state index contributed by atoms with van der Waals surface area (Å²) in [6, 6.07) is 15.5. The number of rotatable bonds is 10. The Hall–Kier alpha value is -4.37. The van der Waals surface area contributed by atoms with Crippen molar-refractivity contribution in [1.82, 2.24) is 20.3 Å². The first-order valence-electron chi connectivity index (χ1n) is 12.5. The van der Waals surface area contributed by atoms with Gasteiger partial charge in [-0.15, -0.1) is 0 Å². The van der Waals surface area contributed by atoms with Gasteiger partial charge in [-0.3, -0.25) is 4.79 Å². The van der Waals surface area contributed by atoms with Crippen molar-refractivity contribution in [2.45, 2.75) is 39.3 Å². The molecule has 1 amide bonds. The maximum atomic E-state index is 13.3. The van der Waals surface area contributed by atoms with Gasteiger partial charge < -0.3 is 22.1 Å². The van der Waals surface area contributed by atoms with Crippen LogP contribution in [0, 0.1) is 12.7 Å². The van der Waals surface area contributed by atoms with E-state index in [1.54, 1.807) is 30.6 Å². The van der Waals surface area contributed by atoms with E-state index in [2.05, 4.69) is 25.6 Å². The maximum absolute atomic E-state index is 13.3. The second-order valence-corrected chi connectivity index (χ2v) is 9.19. The first-order chi connectivity index (χ1) is 18.3. The van der Waals surface area contributed by atoms with Crippen LogP contribution in [-0.4, -0.2) is 27.4 Å². The highest BCUT2D eigenvalue weighted by atomic mass is 19.1. The van der Waals surface area contributed by atoms with Gasteiger partial charge in [0.25, 0.3) is 5.91 Å². The number of anilines is 2. The molecule has 4 rings (SSSR count). The zero-order valence-electron chi connectivity index (χ0n) is 21.5. The number of hydrogen-bond acceptors (Lipinski definition) is 7. The zero-order chi connectivity index (χ0) is 27.1. The molecule has 2 heterocycles. The molecule has 2 aromatic heterocycles. The lowest BCUT2D eigenvalue weighted by Gasteiger charge is -2.17. The largest absolute Gasteiger partial charge is 0.382 e. The van der Waals surface area contributed by atoms with Gasteiger partial charge in [0, 0.05) is 18.3 Å². The van der Waals surface area contributed by atoms with Crippen LogP contribution in [0.4, 0.5) is 16.0 Å². The Labute approximate surface area is 221 Å². The normalized spacial score (nSPS) is 11.7. The third-order valence-electron chi connectivity index (χ3n) is 6.19. The molecule has 0 saturated heterocycles. The zero-order valence-corrected chi connectivity index (χ0v) is 21.5. The Morgan fingerprint density at radius 3 is 2.50 bits per heavy atom. The lowest BCUT2D eigenvalue weighted by atomic mass is 10.1. The maximum Gasteiger partial charge on any atom is 0.255 e. The molecule has 0 saturated carbocycles. The molecular weight excluding hydrogens is 481 g/mol. The summed E-state index contributed by atoms with van der Waals surface area (Å²) in [6.45, 7) is 4.78. The number of carbonyl (C=O) groups excluding carboxylic acids is 1. The van der Waals surface area contributed by atoms with Crippen molar-refractivity contribution in [2.24, 2.45) is 5.73 Å². The fraction of sp³-hybridized carbons (Fsp3) is 0.241. The smallest absolute Gasteiger partial charge is 0.255 e. The first-order valence-corrected chi connectivity index (χ1v) is 12.5. The number of nitrogen functional groups attached to an aromatic ring is 1. The fourth-order valence-electron chi connectivity index (χ4n) is 4.00. The fourth-order valence-corrected chi connectivity index (χ4v) is 4.00.